The number of hydrogen-bond acceptors (Lipinski definition) is 6. The lowest BCUT2D eigenvalue weighted by Gasteiger charge is -2.29. The van der Waals surface area contributed by atoms with Gasteiger partial charge in [-0.3, -0.25) is 14.5 Å². The van der Waals surface area contributed by atoms with Crippen LogP contribution in [0.5, 0.6) is 0 Å². The van der Waals surface area contributed by atoms with E-state index in [0.717, 1.165) is 49.7 Å². The van der Waals surface area contributed by atoms with E-state index in [1.54, 1.807) is 23.2 Å². The molecule has 1 heterocycles. The maximum Gasteiger partial charge on any atom is 0.248 e. The van der Waals surface area contributed by atoms with Gasteiger partial charge in [-0.05, 0) is 41.5 Å². The molecule has 1 aliphatic rings. The molecule has 1 fully saturated rings. The van der Waals surface area contributed by atoms with Gasteiger partial charge in [-0.15, -0.1) is 0 Å². The third-order valence-corrected chi connectivity index (χ3v) is 6.05. The van der Waals surface area contributed by atoms with Crippen molar-refractivity contribution in [2.24, 2.45) is 0 Å². The summed E-state index contributed by atoms with van der Waals surface area (Å²) in [6, 6.07) is 24.3. The molecule has 8 heteroatoms. The van der Waals surface area contributed by atoms with E-state index in [9.17, 15) is 9.59 Å². The van der Waals surface area contributed by atoms with Crippen LogP contribution in [0, 0.1) is 0 Å². The second-order valence-electron chi connectivity index (χ2n) is 8.76. The number of benzene rings is 3. The summed E-state index contributed by atoms with van der Waals surface area (Å²) < 4.78 is 5.41. The lowest BCUT2D eigenvalue weighted by molar-refractivity contribution is -0.118. The Kier molecular flexibility index (Phi) is 9.42. The van der Waals surface area contributed by atoms with Crippen LogP contribution in [0.2, 0.25) is 0 Å². The van der Waals surface area contributed by atoms with Crippen molar-refractivity contribution in [1.29, 1.82) is 0 Å². The average Bonchev–Trinajstić information content (AvgIpc) is 2.93. The van der Waals surface area contributed by atoms with Crippen LogP contribution in [0.4, 0.5) is 17.1 Å². The molecule has 0 saturated carbocycles. The Morgan fingerprint density at radius 3 is 2.38 bits per heavy atom. The molecule has 0 atom stereocenters. The third-order valence-electron chi connectivity index (χ3n) is 6.05. The van der Waals surface area contributed by atoms with E-state index in [-0.39, 0.29) is 18.2 Å². The number of hydrogen-bond donors (Lipinski definition) is 3. The predicted octanol–water partition coefficient (Wildman–Crippen LogP) is 3.33. The molecule has 0 spiro atoms. The van der Waals surface area contributed by atoms with Gasteiger partial charge in [0, 0.05) is 32.3 Å². The van der Waals surface area contributed by atoms with E-state index in [1.165, 1.54) is 6.08 Å². The Hall–Kier alpha value is -3.98. The Bertz CT molecular complexity index is 1190. The van der Waals surface area contributed by atoms with Gasteiger partial charge in [-0.2, -0.15) is 0 Å². The number of hydrazine groups is 1. The molecule has 3 aromatic rings. The highest BCUT2D eigenvalue weighted by Crippen LogP contribution is 2.17. The van der Waals surface area contributed by atoms with Crippen molar-refractivity contribution in [2.45, 2.75) is 6.42 Å². The lowest BCUT2D eigenvalue weighted by atomic mass is 10.1. The van der Waals surface area contributed by atoms with Gasteiger partial charge in [0.1, 0.15) is 0 Å². The maximum atomic E-state index is 13.2. The number of nitrogen functional groups attached to an aromatic ring is 1. The number of nitrogens with zero attached hydrogens (tertiary/aromatic N) is 2. The van der Waals surface area contributed by atoms with Crippen LogP contribution in [0.15, 0.2) is 84.9 Å². The monoisotopic (exact) mass is 499 g/mol. The van der Waals surface area contributed by atoms with E-state index < -0.39 is 0 Å². The normalized spacial score (nSPS) is 13.9. The number of amides is 2. The molecule has 4 N–H and O–H groups in total. The van der Waals surface area contributed by atoms with Crippen LogP contribution in [0.3, 0.4) is 0 Å². The van der Waals surface area contributed by atoms with E-state index >= 15 is 0 Å². The van der Waals surface area contributed by atoms with Crippen molar-refractivity contribution in [2.75, 3.05) is 55.5 Å². The van der Waals surface area contributed by atoms with Gasteiger partial charge in [0.2, 0.25) is 11.8 Å². The number of ether oxygens (including phenoxy) is 1. The van der Waals surface area contributed by atoms with Crippen molar-refractivity contribution in [1.82, 2.24) is 10.3 Å². The minimum atomic E-state index is -0.265. The number of morpholine rings is 1. The number of carbonyl (C=O) groups is 2. The number of anilines is 3. The fraction of sp³-hybridized carbons (Fsp3) is 0.241. The van der Waals surface area contributed by atoms with E-state index in [2.05, 4.69) is 15.6 Å². The standard InChI is InChI=1S/C29H33N5O3/c30-26-8-4-5-9-27(26)32-28(35)15-14-23-10-12-24(13-11-23)22-29(36)34(25-6-2-1-3-7-25)31-16-17-33-18-20-37-21-19-33/h1-15,31H,16-22,30H2,(H,32,35)/b15-14+. The molecular formula is C29H33N5O3. The number of carbonyl (C=O) groups excluding carboxylic acids is 2. The van der Waals surface area contributed by atoms with Crippen molar-refractivity contribution in [3.8, 4) is 0 Å². The molecule has 0 bridgehead atoms. The van der Waals surface area contributed by atoms with E-state index in [4.69, 9.17) is 10.5 Å². The molecule has 8 nitrogen and oxygen atoms in total. The molecule has 0 aromatic heterocycles. The number of para-hydroxylation sites is 3. The van der Waals surface area contributed by atoms with Crippen LogP contribution in [-0.4, -0.2) is 56.1 Å². The van der Waals surface area contributed by atoms with Crippen molar-refractivity contribution in [3.05, 3.63) is 96.1 Å². The quantitative estimate of drug-likeness (QED) is 0.225. The summed E-state index contributed by atoms with van der Waals surface area (Å²) in [7, 11) is 0. The van der Waals surface area contributed by atoms with Gasteiger partial charge in [-0.25, -0.2) is 10.4 Å². The summed E-state index contributed by atoms with van der Waals surface area (Å²) in [5.41, 5.74) is 12.8. The van der Waals surface area contributed by atoms with Crippen LogP contribution in [0.25, 0.3) is 6.08 Å². The molecule has 0 unspecified atom stereocenters. The van der Waals surface area contributed by atoms with Crippen LogP contribution in [0.1, 0.15) is 11.1 Å². The summed E-state index contributed by atoms with van der Waals surface area (Å²) in [4.78, 5) is 27.8. The first-order valence-electron chi connectivity index (χ1n) is 12.4. The smallest absolute Gasteiger partial charge is 0.248 e. The molecule has 1 aliphatic heterocycles. The minimum absolute atomic E-state index is 0.0451. The number of rotatable bonds is 10. The Labute approximate surface area is 217 Å². The first-order chi connectivity index (χ1) is 18.1. The summed E-state index contributed by atoms with van der Waals surface area (Å²) in [6.45, 7) is 4.80. The lowest BCUT2D eigenvalue weighted by Crippen LogP contribution is -2.48. The van der Waals surface area contributed by atoms with Crippen LogP contribution in [-0.2, 0) is 20.7 Å². The predicted molar refractivity (Wildman–Crippen MR) is 148 cm³/mol. The highest BCUT2D eigenvalue weighted by Gasteiger charge is 2.17. The minimum Gasteiger partial charge on any atom is -0.397 e. The highest BCUT2D eigenvalue weighted by molar-refractivity contribution is 6.03. The largest absolute Gasteiger partial charge is 0.397 e. The van der Waals surface area contributed by atoms with Gasteiger partial charge in [0.05, 0.1) is 36.7 Å². The fourth-order valence-corrected chi connectivity index (χ4v) is 4.00. The topological polar surface area (TPSA) is 99.9 Å². The summed E-state index contributed by atoms with van der Waals surface area (Å²) in [6.07, 6.45) is 3.43. The number of nitrogens with one attached hydrogen (secondary N) is 2. The second-order valence-corrected chi connectivity index (χ2v) is 8.76. The first-order valence-corrected chi connectivity index (χ1v) is 12.4. The molecular weight excluding hydrogens is 466 g/mol. The van der Waals surface area contributed by atoms with Gasteiger partial charge in [0.15, 0.2) is 0 Å². The molecule has 0 aliphatic carbocycles. The zero-order valence-electron chi connectivity index (χ0n) is 20.8. The zero-order valence-corrected chi connectivity index (χ0v) is 20.8. The maximum absolute atomic E-state index is 13.2. The van der Waals surface area contributed by atoms with Gasteiger partial charge in [-0.1, -0.05) is 54.6 Å². The van der Waals surface area contributed by atoms with Gasteiger partial charge in [0.25, 0.3) is 0 Å². The second kappa shape index (κ2) is 13.4. The molecule has 0 radical (unpaired) electrons. The Morgan fingerprint density at radius 1 is 0.946 bits per heavy atom. The van der Waals surface area contributed by atoms with E-state index in [1.807, 2.05) is 66.7 Å². The van der Waals surface area contributed by atoms with Crippen molar-refractivity contribution in [3.63, 3.8) is 0 Å². The Morgan fingerprint density at radius 2 is 1.65 bits per heavy atom. The van der Waals surface area contributed by atoms with Crippen LogP contribution < -0.4 is 21.5 Å². The molecule has 3 aromatic carbocycles. The molecule has 192 valence electrons. The third kappa shape index (κ3) is 8.01. The summed E-state index contributed by atoms with van der Waals surface area (Å²) >= 11 is 0. The van der Waals surface area contributed by atoms with Crippen molar-refractivity contribution < 1.29 is 14.3 Å². The molecule has 4 rings (SSSR count). The summed E-state index contributed by atoms with van der Waals surface area (Å²) in [5.74, 6) is -0.310. The molecule has 1 saturated heterocycles. The number of nitrogens with two attached hydrogens (primary N) is 1. The zero-order chi connectivity index (χ0) is 25.9. The molecule has 2 amide bonds. The first kappa shape index (κ1) is 26.1. The summed E-state index contributed by atoms with van der Waals surface area (Å²) in [5, 5.41) is 4.40. The highest BCUT2D eigenvalue weighted by atomic mass is 16.5. The van der Waals surface area contributed by atoms with E-state index in [0.29, 0.717) is 17.9 Å². The Balaban J connectivity index is 1.33. The van der Waals surface area contributed by atoms with Crippen molar-refractivity contribution >= 4 is 35.0 Å². The SMILES string of the molecule is Nc1ccccc1NC(=O)/C=C/c1ccc(CC(=O)N(NCCN2CCOCC2)c2ccccc2)cc1. The van der Waals surface area contributed by atoms with Gasteiger partial charge < -0.3 is 15.8 Å². The van der Waals surface area contributed by atoms with Gasteiger partial charge >= 0.3 is 0 Å². The fourth-order valence-electron chi connectivity index (χ4n) is 4.00. The average molecular weight is 500 g/mol. The van der Waals surface area contributed by atoms with Crippen LogP contribution >= 0.6 is 0 Å². The molecule has 37 heavy (non-hydrogen) atoms.